The van der Waals surface area contributed by atoms with E-state index in [-0.39, 0.29) is 37.6 Å². The van der Waals surface area contributed by atoms with Crippen LogP contribution in [0.3, 0.4) is 0 Å². The molecule has 0 radical (unpaired) electrons. The fraction of sp³-hybridized carbons (Fsp3) is 0.183. The van der Waals surface area contributed by atoms with Crippen LogP contribution in [-0.2, 0) is 31.9 Å². The monoisotopic (exact) mass is 1040 g/mol. The minimum absolute atomic E-state index is 0. The van der Waals surface area contributed by atoms with E-state index in [4.69, 9.17) is 31.2 Å². The van der Waals surface area contributed by atoms with Gasteiger partial charge in [0.15, 0.2) is 0 Å². The van der Waals surface area contributed by atoms with Crippen molar-refractivity contribution in [3.63, 3.8) is 0 Å². The molecule has 326 valence electrons. The maximum absolute atomic E-state index is 8.45. The summed E-state index contributed by atoms with van der Waals surface area (Å²) in [5, 5.41) is 0. The van der Waals surface area contributed by atoms with Crippen LogP contribution in [0.15, 0.2) is 158 Å². The van der Waals surface area contributed by atoms with E-state index in [2.05, 4.69) is 56.7 Å². The molecule has 0 spiro atoms. The van der Waals surface area contributed by atoms with Gasteiger partial charge in [-0.25, -0.2) is 4.98 Å². The maximum atomic E-state index is 8.45. The van der Waals surface area contributed by atoms with Gasteiger partial charge >= 0.3 is 21.1 Å². The van der Waals surface area contributed by atoms with Crippen LogP contribution in [-0.4, -0.2) is 14.5 Å². The number of benzene rings is 7. The zero-order valence-corrected chi connectivity index (χ0v) is 39.1. The Morgan fingerprint density at radius 3 is 1.97 bits per heavy atom. The Bertz CT molecular complexity index is 3590. The van der Waals surface area contributed by atoms with E-state index in [0.29, 0.717) is 61.9 Å². The van der Waals surface area contributed by atoms with Crippen LogP contribution >= 0.6 is 0 Å². The summed E-state index contributed by atoms with van der Waals surface area (Å²) in [4.78, 5) is 10.3. The number of fused-ring (bicyclic) bond motifs is 1. The molecule has 4 nitrogen and oxygen atoms in total. The Kier molecular flexibility index (Phi) is 8.90. The number of aromatic nitrogens is 3. The van der Waals surface area contributed by atoms with Crippen molar-refractivity contribution in [1.29, 1.82) is 0 Å². The SMILES string of the molecule is [2H]C([2H])([2H])c1ccc(-n2c(-c3cc(C)cc(C)c3O[CH2-])nc3c(-c4[c-]c(-c5cc(-c6ccc(C(C([2H])([2H])[2H])(C([2H])([2H])[2H])C([2H])([2H])[2H])cc6)ccn5)cc(-c5ccccc5)c4)cccc32)c(-c2ccc(C(C)(C)C)cc2)c1.[Pt+2]. The first-order valence-electron chi connectivity index (χ1n) is 27.1. The van der Waals surface area contributed by atoms with E-state index < -0.39 is 32.8 Å². The molecule has 0 saturated carbocycles. The Balaban J connectivity index is 0.00000784. The van der Waals surface area contributed by atoms with Crippen molar-refractivity contribution < 1.29 is 42.3 Å². The molecule has 2 heterocycles. The first kappa shape index (κ1) is 32.3. The molecular formula is C60H55N3OPt. The normalized spacial score (nSPS) is 15.2. The maximum Gasteiger partial charge on any atom is 2.00 e. The van der Waals surface area contributed by atoms with Gasteiger partial charge in [-0.1, -0.05) is 173 Å². The van der Waals surface area contributed by atoms with Crippen LogP contribution in [0.4, 0.5) is 0 Å². The van der Waals surface area contributed by atoms with Gasteiger partial charge in [0.2, 0.25) is 0 Å². The fourth-order valence-corrected chi connectivity index (χ4v) is 8.49. The Labute approximate surface area is 416 Å². The number of nitrogens with zero attached hydrogens (tertiary/aromatic N) is 3. The van der Waals surface area contributed by atoms with Crippen LogP contribution in [0.25, 0.3) is 83.9 Å². The predicted molar refractivity (Wildman–Crippen MR) is 268 cm³/mol. The summed E-state index contributed by atoms with van der Waals surface area (Å²) in [5.74, 6) is 1.07. The van der Waals surface area contributed by atoms with Crippen molar-refractivity contribution in [3.8, 4) is 78.6 Å². The third kappa shape index (κ3) is 9.02. The van der Waals surface area contributed by atoms with Gasteiger partial charge in [-0.2, -0.15) is 7.11 Å². The van der Waals surface area contributed by atoms with Crippen molar-refractivity contribution in [2.45, 2.75) is 72.9 Å². The summed E-state index contributed by atoms with van der Waals surface area (Å²) in [6, 6.07) is 50.2. The number of hydrogen-bond donors (Lipinski definition) is 0. The van der Waals surface area contributed by atoms with Crippen LogP contribution in [0.1, 0.15) is 85.6 Å². The molecule has 0 amide bonds. The molecule has 0 atom stereocenters. The Hall–Kier alpha value is -6.35. The number of imidazole rings is 1. The molecule has 7 aromatic carbocycles. The number of pyridine rings is 1. The number of aryl methyl sites for hydroxylation is 3. The first-order chi connectivity index (χ1) is 35.6. The predicted octanol–water partition coefficient (Wildman–Crippen LogP) is 15.9. The van der Waals surface area contributed by atoms with Gasteiger partial charge in [-0.15, -0.1) is 23.8 Å². The summed E-state index contributed by atoms with van der Waals surface area (Å²) >= 11 is 0. The quantitative estimate of drug-likeness (QED) is 0.142. The van der Waals surface area contributed by atoms with Crippen molar-refractivity contribution >= 4 is 11.0 Å². The summed E-state index contributed by atoms with van der Waals surface area (Å²) in [6.45, 7) is -2.16. The molecule has 0 aliphatic rings. The van der Waals surface area contributed by atoms with Crippen molar-refractivity contribution in [3.05, 3.63) is 199 Å². The Morgan fingerprint density at radius 2 is 1.28 bits per heavy atom. The largest absolute Gasteiger partial charge is 2.00 e. The van der Waals surface area contributed by atoms with E-state index in [9.17, 15) is 0 Å². The fourth-order valence-electron chi connectivity index (χ4n) is 8.49. The van der Waals surface area contributed by atoms with Gasteiger partial charge in [-0.3, -0.25) is 9.55 Å². The summed E-state index contributed by atoms with van der Waals surface area (Å²) in [7, 11) is 3.86. The molecule has 0 bridgehead atoms. The van der Waals surface area contributed by atoms with Crippen LogP contribution in [0.5, 0.6) is 5.75 Å². The smallest absolute Gasteiger partial charge is 0.665 e. The minimum atomic E-state index is -3.39. The van der Waals surface area contributed by atoms with Crippen LogP contribution < -0.4 is 4.74 Å². The zero-order chi connectivity index (χ0) is 54.9. The zero-order valence-electron chi connectivity index (χ0n) is 48.8. The molecule has 0 aliphatic carbocycles. The number of para-hydroxylation sites is 1. The molecular weight excluding hydrogens is 974 g/mol. The van der Waals surface area contributed by atoms with Crippen molar-refractivity contribution in [2.24, 2.45) is 0 Å². The van der Waals surface area contributed by atoms with Gasteiger partial charge in [0.1, 0.15) is 5.82 Å². The molecule has 2 aromatic heterocycles. The molecule has 0 aliphatic heterocycles. The standard InChI is InChI=1S/C60H55N3O.Pt/c1-38-19-28-54(51(32-38)43-22-26-49(27-23-43)60(7,8)9)63-55-18-14-17-50(56(55)62-58(63)52-33-39(2)31-40(3)57(52)64-10)46-34-45(41-15-12-11-13-16-41)35-47(36-46)53-37-44(29-30-61-53)42-20-24-48(25-21-42)59(4,5)6;/h11-35,37H,10H2,1-9H3;/q-2;+2/i1D3,4D3,5D3,6D3;. The van der Waals surface area contributed by atoms with Gasteiger partial charge in [0.05, 0.1) is 28.0 Å². The third-order valence-corrected chi connectivity index (χ3v) is 11.7. The number of ether oxygens (including phenoxy) is 1. The topological polar surface area (TPSA) is 39.9 Å². The van der Waals surface area contributed by atoms with Crippen LogP contribution in [0.2, 0.25) is 0 Å². The summed E-state index contributed by atoms with van der Waals surface area (Å²) in [6.07, 6.45) is 1.63. The summed E-state index contributed by atoms with van der Waals surface area (Å²) < 4.78 is 107. The second-order valence-corrected chi connectivity index (χ2v) is 17.4. The molecule has 0 saturated heterocycles. The number of hydrogen-bond acceptors (Lipinski definition) is 3. The van der Waals surface area contributed by atoms with E-state index in [1.165, 1.54) is 24.3 Å². The number of rotatable bonds is 8. The van der Waals surface area contributed by atoms with Crippen LogP contribution in [0, 0.1) is 33.9 Å². The van der Waals surface area contributed by atoms with E-state index in [1.54, 1.807) is 24.4 Å². The average Bonchev–Trinajstić information content (AvgIpc) is 3.85. The second-order valence-electron chi connectivity index (χ2n) is 17.4. The van der Waals surface area contributed by atoms with E-state index in [1.807, 2.05) is 105 Å². The van der Waals surface area contributed by atoms with Gasteiger partial charge in [0, 0.05) is 33.9 Å². The molecule has 65 heavy (non-hydrogen) atoms. The average molecular weight is 1040 g/mol. The third-order valence-electron chi connectivity index (χ3n) is 11.7. The van der Waals surface area contributed by atoms with Crippen molar-refractivity contribution in [2.75, 3.05) is 0 Å². The Morgan fingerprint density at radius 1 is 0.600 bits per heavy atom. The molecule has 5 heteroatoms. The van der Waals surface area contributed by atoms with Gasteiger partial charge in [0.25, 0.3) is 0 Å². The molecule has 0 unspecified atom stereocenters. The van der Waals surface area contributed by atoms with Gasteiger partial charge < -0.3 is 4.74 Å². The molecule has 9 aromatic rings. The van der Waals surface area contributed by atoms with E-state index >= 15 is 0 Å². The second kappa shape index (κ2) is 17.9. The molecule has 9 rings (SSSR count). The minimum Gasteiger partial charge on any atom is -0.665 e. The summed E-state index contributed by atoms with van der Waals surface area (Å²) in [5.41, 5.74) is 9.36. The molecule has 0 N–H and O–H groups in total. The molecule has 0 fully saturated rings. The van der Waals surface area contributed by atoms with E-state index in [0.717, 1.165) is 44.5 Å². The first-order valence-corrected chi connectivity index (χ1v) is 21.1. The van der Waals surface area contributed by atoms with Gasteiger partial charge in [-0.05, 0) is 106 Å². The van der Waals surface area contributed by atoms with Crippen molar-refractivity contribution in [1.82, 2.24) is 14.5 Å².